The van der Waals surface area contributed by atoms with E-state index in [9.17, 15) is 22.8 Å². The molecule has 4 aromatic rings. The average molecular weight is 405 g/mol. The van der Waals surface area contributed by atoms with Gasteiger partial charge in [-0.3, -0.25) is 22.9 Å². The summed E-state index contributed by atoms with van der Waals surface area (Å²) in [5.41, 5.74) is 0.724. The van der Waals surface area contributed by atoms with Crippen LogP contribution >= 0.6 is 0 Å². The molecule has 0 amide bonds. The van der Waals surface area contributed by atoms with Crippen LogP contribution in [0.25, 0.3) is 22.6 Å². The van der Waals surface area contributed by atoms with Crippen LogP contribution in [0.5, 0.6) is 0 Å². The summed E-state index contributed by atoms with van der Waals surface area (Å²) in [6.45, 7) is 5.52. The molecule has 0 saturated heterocycles. The lowest BCUT2D eigenvalue weighted by Crippen LogP contribution is -2.38. The van der Waals surface area contributed by atoms with Gasteiger partial charge in [-0.1, -0.05) is 0 Å². The quantitative estimate of drug-likeness (QED) is 0.515. The Morgan fingerprint density at radius 1 is 1.03 bits per heavy atom. The summed E-state index contributed by atoms with van der Waals surface area (Å²) >= 11 is 0. The maximum absolute atomic E-state index is 12.9. The van der Waals surface area contributed by atoms with Crippen LogP contribution in [0, 0.1) is 13.8 Å². The molecule has 29 heavy (non-hydrogen) atoms. The zero-order chi connectivity index (χ0) is 21.2. The SMILES string of the molecule is CCn1c(=O)c2c(nc3n(-c4ccc(C(F)(F)F)cc4)c(C)c(C)n23)n(C)c1=O. The van der Waals surface area contributed by atoms with E-state index < -0.39 is 23.0 Å². The summed E-state index contributed by atoms with van der Waals surface area (Å²) in [7, 11) is 1.54. The van der Waals surface area contributed by atoms with Crippen LogP contribution in [0.1, 0.15) is 23.9 Å². The van der Waals surface area contributed by atoms with Gasteiger partial charge in [0.25, 0.3) is 5.56 Å². The summed E-state index contributed by atoms with van der Waals surface area (Å²) in [6, 6.07) is 4.72. The van der Waals surface area contributed by atoms with Gasteiger partial charge in [0.1, 0.15) is 0 Å². The molecule has 152 valence electrons. The van der Waals surface area contributed by atoms with Gasteiger partial charge < -0.3 is 0 Å². The minimum Gasteiger partial charge on any atom is -0.283 e. The van der Waals surface area contributed by atoms with Crippen LogP contribution in [0.2, 0.25) is 0 Å². The minimum atomic E-state index is -4.43. The number of hydrogen-bond donors (Lipinski definition) is 0. The molecule has 0 unspecified atom stereocenters. The van der Waals surface area contributed by atoms with Gasteiger partial charge in [0.05, 0.1) is 5.56 Å². The van der Waals surface area contributed by atoms with Crippen molar-refractivity contribution < 1.29 is 13.2 Å². The number of hydrogen-bond acceptors (Lipinski definition) is 3. The van der Waals surface area contributed by atoms with E-state index in [2.05, 4.69) is 4.98 Å². The Kier molecular flexibility index (Phi) is 4.00. The number of halogens is 3. The second-order valence-electron chi connectivity index (χ2n) is 6.86. The molecule has 0 aliphatic carbocycles. The summed E-state index contributed by atoms with van der Waals surface area (Å²) in [6.07, 6.45) is -4.43. The number of fused-ring (bicyclic) bond motifs is 3. The zero-order valence-electron chi connectivity index (χ0n) is 16.2. The van der Waals surface area contributed by atoms with E-state index >= 15 is 0 Å². The first kappa shape index (κ1) is 19.0. The smallest absolute Gasteiger partial charge is 0.283 e. The number of benzene rings is 1. The van der Waals surface area contributed by atoms with E-state index in [-0.39, 0.29) is 17.7 Å². The molecule has 0 fully saturated rings. The second kappa shape index (κ2) is 6.10. The normalized spacial score (nSPS) is 12.4. The molecular weight excluding hydrogens is 387 g/mol. The largest absolute Gasteiger partial charge is 0.416 e. The summed E-state index contributed by atoms with van der Waals surface area (Å²) in [5.74, 6) is 0.357. The molecule has 0 bridgehead atoms. The third kappa shape index (κ3) is 2.55. The molecule has 0 radical (unpaired) electrons. The van der Waals surface area contributed by atoms with Crippen molar-refractivity contribution in [2.45, 2.75) is 33.5 Å². The fraction of sp³-hybridized carbons (Fsp3) is 0.316. The van der Waals surface area contributed by atoms with Crippen molar-refractivity contribution in [1.82, 2.24) is 23.1 Å². The van der Waals surface area contributed by atoms with Crippen molar-refractivity contribution in [3.05, 3.63) is 62.1 Å². The van der Waals surface area contributed by atoms with Crippen LogP contribution in [-0.2, 0) is 19.8 Å². The fourth-order valence-electron chi connectivity index (χ4n) is 3.64. The number of nitrogens with zero attached hydrogens (tertiary/aromatic N) is 5. The van der Waals surface area contributed by atoms with Gasteiger partial charge >= 0.3 is 11.9 Å². The third-order valence-corrected chi connectivity index (χ3v) is 5.29. The summed E-state index contributed by atoms with van der Waals surface area (Å²) < 4.78 is 44.5. The molecule has 0 aliphatic heterocycles. The Bertz CT molecular complexity index is 1380. The van der Waals surface area contributed by atoms with Crippen LogP contribution in [0.3, 0.4) is 0 Å². The average Bonchev–Trinajstić information content (AvgIpc) is 3.16. The van der Waals surface area contributed by atoms with Crippen molar-refractivity contribution in [2.24, 2.45) is 7.05 Å². The molecule has 3 aromatic heterocycles. The highest BCUT2D eigenvalue weighted by atomic mass is 19.4. The molecule has 0 saturated carbocycles. The van der Waals surface area contributed by atoms with Gasteiger partial charge in [-0.2, -0.15) is 18.2 Å². The van der Waals surface area contributed by atoms with Gasteiger partial charge in [0.2, 0.25) is 5.78 Å². The van der Waals surface area contributed by atoms with Crippen molar-refractivity contribution in [1.29, 1.82) is 0 Å². The molecule has 1 aromatic carbocycles. The Morgan fingerprint density at radius 3 is 2.21 bits per heavy atom. The first-order valence-corrected chi connectivity index (χ1v) is 8.95. The molecule has 10 heteroatoms. The Labute approximate surface area is 162 Å². The highest BCUT2D eigenvalue weighted by Crippen LogP contribution is 2.31. The molecule has 0 N–H and O–H groups in total. The third-order valence-electron chi connectivity index (χ3n) is 5.29. The van der Waals surface area contributed by atoms with E-state index in [1.807, 2.05) is 0 Å². The number of rotatable bonds is 2. The van der Waals surface area contributed by atoms with Crippen molar-refractivity contribution in [3.63, 3.8) is 0 Å². The van der Waals surface area contributed by atoms with Crippen molar-refractivity contribution >= 4 is 16.9 Å². The fourth-order valence-corrected chi connectivity index (χ4v) is 3.64. The number of imidazole rings is 2. The monoisotopic (exact) mass is 405 g/mol. The first-order chi connectivity index (χ1) is 13.6. The lowest BCUT2D eigenvalue weighted by Gasteiger charge is -2.10. The van der Waals surface area contributed by atoms with Gasteiger partial charge in [-0.15, -0.1) is 0 Å². The van der Waals surface area contributed by atoms with Gasteiger partial charge in [-0.25, -0.2) is 4.79 Å². The second-order valence-corrected chi connectivity index (χ2v) is 6.86. The van der Waals surface area contributed by atoms with E-state index in [1.54, 1.807) is 29.7 Å². The minimum absolute atomic E-state index is 0.215. The first-order valence-electron chi connectivity index (χ1n) is 8.95. The van der Waals surface area contributed by atoms with Crippen LogP contribution < -0.4 is 11.2 Å². The van der Waals surface area contributed by atoms with Gasteiger partial charge in [0, 0.05) is 30.7 Å². The predicted octanol–water partition coefficient (Wildman–Crippen LogP) is 2.79. The molecule has 7 nitrogen and oxygen atoms in total. The Balaban J connectivity index is 2.10. The maximum atomic E-state index is 12.9. The van der Waals surface area contributed by atoms with Crippen LogP contribution in [-0.4, -0.2) is 23.1 Å². The summed E-state index contributed by atoms with van der Waals surface area (Å²) in [4.78, 5) is 29.9. The predicted molar refractivity (Wildman–Crippen MR) is 102 cm³/mol. The number of aryl methyl sites for hydroxylation is 2. The Hall–Kier alpha value is -3.30. The number of aromatic nitrogens is 5. The topological polar surface area (TPSA) is 66.2 Å². The highest BCUT2D eigenvalue weighted by molar-refractivity contribution is 5.77. The standard InChI is InChI=1S/C19H18F3N5O2/c1-5-25-16(28)14-15(24(4)18(25)29)23-17-26(10(2)11(3)27(14)17)13-8-6-12(7-9-13)19(20,21)22/h6-9H,5H2,1-4H3. The van der Waals surface area contributed by atoms with Crippen molar-refractivity contribution in [2.75, 3.05) is 0 Å². The van der Waals surface area contributed by atoms with E-state index in [0.717, 1.165) is 22.4 Å². The number of alkyl halides is 3. The lowest BCUT2D eigenvalue weighted by atomic mass is 10.2. The molecule has 4 rings (SSSR count). The van der Waals surface area contributed by atoms with Gasteiger partial charge in [0.15, 0.2) is 11.2 Å². The molecule has 0 atom stereocenters. The van der Waals surface area contributed by atoms with Crippen molar-refractivity contribution in [3.8, 4) is 5.69 Å². The van der Waals surface area contributed by atoms with Gasteiger partial charge in [-0.05, 0) is 45.0 Å². The van der Waals surface area contributed by atoms with E-state index in [0.29, 0.717) is 17.2 Å². The highest BCUT2D eigenvalue weighted by Gasteiger charge is 2.30. The van der Waals surface area contributed by atoms with Crippen LogP contribution in [0.4, 0.5) is 13.2 Å². The lowest BCUT2D eigenvalue weighted by molar-refractivity contribution is -0.137. The van der Waals surface area contributed by atoms with E-state index in [1.165, 1.54) is 23.7 Å². The van der Waals surface area contributed by atoms with Crippen LogP contribution in [0.15, 0.2) is 33.9 Å². The Morgan fingerprint density at radius 2 is 1.66 bits per heavy atom. The molecular formula is C19H18F3N5O2. The maximum Gasteiger partial charge on any atom is 0.416 e. The summed E-state index contributed by atoms with van der Waals surface area (Å²) in [5, 5.41) is 0. The molecule has 3 heterocycles. The zero-order valence-corrected chi connectivity index (χ0v) is 16.2. The molecule has 0 aliphatic rings. The van der Waals surface area contributed by atoms with E-state index in [4.69, 9.17) is 0 Å². The molecule has 0 spiro atoms.